The number of para-hydroxylation sites is 1. The maximum absolute atomic E-state index is 11.8. The molecule has 1 aliphatic rings. The van der Waals surface area contributed by atoms with Crippen LogP contribution in [0.15, 0.2) is 24.3 Å². The standard InChI is InChI=1S/C14H18N2O2S2/c1-20-14(6-7-14)9-16-12(17)8-18-11-5-3-2-4-10(11)13(15)19/h2-5H,6-9H2,1H3,(H2,15,19)(H,16,17). The van der Waals surface area contributed by atoms with Gasteiger partial charge in [0, 0.05) is 11.3 Å². The van der Waals surface area contributed by atoms with Gasteiger partial charge in [-0.1, -0.05) is 24.4 Å². The molecule has 1 fully saturated rings. The molecule has 0 bridgehead atoms. The predicted octanol–water partition coefficient (Wildman–Crippen LogP) is 1.71. The van der Waals surface area contributed by atoms with Gasteiger partial charge in [-0.3, -0.25) is 4.79 Å². The van der Waals surface area contributed by atoms with E-state index in [2.05, 4.69) is 11.6 Å². The first-order valence-electron chi connectivity index (χ1n) is 6.40. The summed E-state index contributed by atoms with van der Waals surface area (Å²) in [4.78, 5) is 12.0. The number of ether oxygens (including phenoxy) is 1. The normalized spacial score (nSPS) is 15.4. The van der Waals surface area contributed by atoms with Crippen molar-refractivity contribution in [2.24, 2.45) is 5.73 Å². The van der Waals surface area contributed by atoms with Gasteiger partial charge in [0.2, 0.25) is 0 Å². The van der Waals surface area contributed by atoms with Gasteiger partial charge in [-0.05, 0) is 31.2 Å². The fourth-order valence-corrected chi connectivity index (χ4v) is 2.74. The molecule has 0 atom stereocenters. The van der Waals surface area contributed by atoms with Crippen molar-refractivity contribution in [3.05, 3.63) is 29.8 Å². The molecule has 0 unspecified atom stereocenters. The second-order valence-electron chi connectivity index (χ2n) is 4.81. The Bertz CT molecular complexity index is 516. The third-order valence-corrected chi connectivity index (χ3v) is 5.00. The summed E-state index contributed by atoms with van der Waals surface area (Å²) in [6.07, 6.45) is 4.41. The Labute approximate surface area is 128 Å². The predicted molar refractivity (Wildman–Crippen MR) is 86.3 cm³/mol. The lowest BCUT2D eigenvalue weighted by Gasteiger charge is -2.14. The molecule has 0 aliphatic heterocycles. The first kappa shape index (κ1) is 15.1. The lowest BCUT2D eigenvalue weighted by atomic mass is 10.2. The minimum Gasteiger partial charge on any atom is -0.483 e. The largest absolute Gasteiger partial charge is 0.483 e. The fraction of sp³-hybridized carbons (Fsp3) is 0.429. The third kappa shape index (κ3) is 3.86. The van der Waals surface area contributed by atoms with Crippen LogP contribution in [0, 0.1) is 0 Å². The van der Waals surface area contributed by atoms with Crippen molar-refractivity contribution >= 4 is 34.9 Å². The van der Waals surface area contributed by atoms with Crippen molar-refractivity contribution < 1.29 is 9.53 Å². The zero-order valence-electron chi connectivity index (χ0n) is 11.3. The van der Waals surface area contributed by atoms with Crippen molar-refractivity contribution in [2.45, 2.75) is 17.6 Å². The van der Waals surface area contributed by atoms with Gasteiger partial charge in [0.15, 0.2) is 6.61 Å². The van der Waals surface area contributed by atoms with E-state index >= 15 is 0 Å². The van der Waals surface area contributed by atoms with Gasteiger partial charge >= 0.3 is 0 Å². The zero-order valence-corrected chi connectivity index (χ0v) is 13.0. The number of amides is 1. The third-order valence-electron chi connectivity index (χ3n) is 3.36. The monoisotopic (exact) mass is 310 g/mol. The molecule has 0 spiro atoms. The number of rotatable bonds is 7. The van der Waals surface area contributed by atoms with E-state index in [9.17, 15) is 4.79 Å². The number of nitrogens with two attached hydrogens (primary N) is 1. The Hall–Kier alpha value is -1.27. The molecular weight excluding hydrogens is 292 g/mol. The highest BCUT2D eigenvalue weighted by Gasteiger charge is 2.41. The van der Waals surface area contributed by atoms with Crippen LogP contribution in [0.2, 0.25) is 0 Å². The number of thiocarbonyl (C=S) groups is 1. The van der Waals surface area contributed by atoms with Gasteiger partial charge in [0.05, 0.1) is 5.56 Å². The smallest absolute Gasteiger partial charge is 0.257 e. The average molecular weight is 310 g/mol. The lowest BCUT2D eigenvalue weighted by Crippen LogP contribution is -2.35. The molecule has 4 nitrogen and oxygen atoms in total. The lowest BCUT2D eigenvalue weighted by molar-refractivity contribution is -0.123. The van der Waals surface area contributed by atoms with Crippen LogP contribution in [0.25, 0.3) is 0 Å². The van der Waals surface area contributed by atoms with Crippen LogP contribution in [-0.4, -0.2) is 35.1 Å². The van der Waals surface area contributed by atoms with E-state index in [0.717, 1.165) is 0 Å². The Kier molecular flexibility index (Phi) is 4.88. The van der Waals surface area contributed by atoms with Gasteiger partial charge in [0.1, 0.15) is 10.7 Å². The molecule has 108 valence electrons. The Morgan fingerprint density at radius 3 is 2.80 bits per heavy atom. The molecule has 6 heteroatoms. The summed E-state index contributed by atoms with van der Waals surface area (Å²) in [5.74, 6) is 0.421. The number of carbonyl (C=O) groups excluding carboxylic acids is 1. The number of nitrogens with one attached hydrogen (secondary N) is 1. The van der Waals surface area contributed by atoms with Crippen molar-refractivity contribution in [3.8, 4) is 5.75 Å². The average Bonchev–Trinajstić information content (AvgIpc) is 3.24. The Morgan fingerprint density at radius 1 is 1.50 bits per heavy atom. The molecule has 1 aromatic rings. The van der Waals surface area contributed by atoms with Crippen LogP contribution in [0.5, 0.6) is 5.75 Å². The maximum Gasteiger partial charge on any atom is 0.257 e. The number of hydrogen-bond acceptors (Lipinski definition) is 4. The summed E-state index contributed by atoms with van der Waals surface area (Å²) in [5.41, 5.74) is 6.26. The molecule has 20 heavy (non-hydrogen) atoms. The van der Waals surface area contributed by atoms with Gasteiger partial charge in [-0.15, -0.1) is 0 Å². The molecule has 1 saturated carbocycles. The molecular formula is C14H18N2O2S2. The van der Waals surface area contributed by atoms with Crippen LogP contribution in [0.4, 0.5) is 0 Å². The van der Waals surface area contributed by atoms with Crippen LogP contribution in [0.3, 0.4) is 0 Å². The summed E-state index contributed by atoms with van der Waals surface area (Å²) < 4.78 is 5.75. The minimum absolute atomic E-state index is 0.0237. The van der Waals surface area contributed by atoms with Gasteiger partial charge in [-0.2, -0.15) is 11.8 Å². The van der Waals surface area contributed by atoms with Crippen LogP contribution < -0.4 is 15.8 Å². The molecule has 1 amide bonds. The molecule has 3 N–H and O–H groups in total. The Morgan fingerprint density at radius 2 is 2.20 bits per heavy atom. The first-order valence-corrected chi connectivity index (χ1v) is 8.03. The number of benzene rings is 1. The molecule has 0 heterocycles. The topological polar surface area (TPSA) is 64.3 Å². The highest BCUT2D eigenvalue weighted by atomic mass is 32.2. The molecule has 0 radical (unpaired) electrons. The summed E-state index contributed by atoms with van der Waals surface area (Å²) in [5, 5.41) is 2.91. The van der Waals surface area contributed by atoms with Crippen molar-refractivity contribution in [1.82, 2.24) is 5.32 Å². The van der Waals surface area contributed by atoms with E-state index in [1.54, 1.807) is 12.1 Å². The number of thioether (sulfide) groups is 1. The van der Waals surface area contributed by atoms with Crippen LogP contribution in [0.1, 0.15) is 18.4 Å². The molecule has 0 aromatic heterocycles. The molecule has 1 aromatic carbocycles. The Balaban J connectivity index is 1.83. The minimum atomic E-state index is -0.122. The molecule has 1 aliphatic carbocycles. The van der Waals surface area contributed by atoms with Crippen molar-refractivity contribution in [1.29, 1.82) is 0 Å². The van der Waals surface area contributed by atoms with E-state index in [1.165, 1.54) is 12.8 Å². The van der Waals surface area contributed by atoms with E-state index in [-0.39, 0.29) is 22.2 Å². The van der Waals surface area contributed by atoms with Crippen LogP contribution >= 0.6 is 24.0 Å². The highest BCUT2D eigenvalue weighted by molar-refractivity contribution is 8.00. The van der Waals surface area contributed by atoms with Gasteiger partial charge in [0.25, 0.3) is 5.91 Å². The summed E-state index contributed by atoms with van der Waals surface area (Å²) in [6, 6.07) is 7.19. The van der Waals surface area contributed by atoms with Gasteiger partial charge in [-0.25, -0.2) is 0 Å². The number of hydrogen-bond donors (Lipinski definition) is 2. The van der Waals surface area contributed by atoms with Gasteiger partial charge < -0.3 is 15.8 Å². The quantitative estimate of drug-likeness (QED) is 0.751. The van der Waals surface area contributed by atoms with E-state index in [4.69, 9.17) is 22.7 Å². The zero-order chi connectivity index (χ0) is 14.6. The second-order valence-corrected chi connectivity index (χ2v) is 6.53. The van der Waals surface area contributed by atoms with E-state index < -0.39 is 0 Å². The number of carbonyl (C=O) groups is 1. The highest BCUT2D eigenvalue weighted by Crippen LogP contribution is 2.46. The molecule has 0 saturated heterocycles. The van der Waals surface area contributed by atoms with Crippen molar-refractivity contribution in [2.75, 3.05) is 19.4 Å². The maximum atomic E-state index is 11.8. The SMILES string of the molecule is CSC1(CNC(=O)COc2ccccc2C(N)=S)CC1. The first-order chi connectivity index (χ1) is 9.56. The van der Waals surface area contributed by atoms with E-state index in [0.29, 0.717) is 17.9 Å². The summed E-state index contributed by atoms with van der Waals surface area (Å²) in [7, 11) is 0. The summed E-state index contributed by atoms with van der Waals surface area (Å²) in [6.45, 7) is 0.678. The molecule has 2 rings (SSSR count). The van der Waals surface area contributed by atoms with Crippen molar-refractivity contribution in [3.63, 3.8) is 0 Å². The van der Waals surface area contributed by atoms with Crippen LogP contribution in [-0.2, 0) is 4.79 Å². The van der Waals surface area contributed by atoms with E-state index in [1.807, 2.05) is 23.9 Å². The summed E-state index contributed by atoms with van der Waals surface area (Å²) >= 11 is 6.76. The second kappa shape index (κ2) is 6.45. The fourth-order valence-electron chi connectivity index (χ4n) is 1.84.